The number of hydrazone groups is 1. The number of hydrogen-bond acceptors (Lipinski definition) is 5. The molecular weight excluding hydrogens is 518 g/mol. The zero-order chi connectivity index (χ0) is 27.9. The number of aromatic hydroxyl groups is 1. The highest BCUT2D eigenvalue weighted by Gasteiger charge is 2.34. The van der Waals surface area contributed by atoms with E-state index < -0.39 is 29.4 Å². The molecule has 4 N–H and O–H groups in total. The van der Waals surface area contributed by atoms with Gasteiger partial charge in [-0.1, -0.05) is 36.4 Å². The predicted octanol–water partition coefficient (Wildman–Crippen LogP) is 6.35. The number of hydrogen-bond donors (Lipinski definition) is 4. The molecule has 39 heavy (non-hydrogen) atoms. The summed E-state index contributed by atoms with van der Waals surface area (Å²) in [6.45, 7) is 0. The van der Waals surface area contributed by atoms with Crippen molar-refractivity contribution in [1.82, 2.24) is 0 Å². The van der Waals surface area contributed by atoms with Crippen LogP contribution < -0.4 is 10.7 Å². The third kappa shape index (κ3) is 4.89. The van der Waals surface area contributed by atoms with E-state index in [1.54, 1.807) is 24.3 Å². The Bertz CT molecular complexity index is 1680. The van der Waals surface area contributed by atoms with E-state index in [9.17, 15) is 37.4 Å². The predicted molar refractivity (Wildman–Crippen MR) is 136 cm³/mol. The quantitative estimate of drug-likeness (QED) is 0.135. The molecule has 0 aliphatic carbocycles. The van der Waals surface area contributed by atoms with Gasteiger partial charge in [0.15, 0.2) is 5.71 Å². The molecule has 0 saturated heterocycles. The van der Waals surface area contributed by atoms with Gasteiger partial charge in [0.25, 0.3) is 5.91 Å². The van der Waals surface area contributed by atoms with Crippen molar-refractivity contribution >= 4 is 29.0 Å². The molecule has 1 aliphatic rings. The number of anilines is 2. The van der Waals surface area contributed by atoms with E-state index in [0.717, 1.165) is 12.1 Å². The number of carboxylic acids is 1. The van der Waals surface area contributed by atoms with Gasteiger partial charge in [0.1, 0.15) is 11.6 Å². The maximum atomic E-state index is 14.1. The summed E-state index contributed by atoms with van der Waals surface area (Å²) >= 11 is 0. The molecule has 0 aromatic heterocycles. The summed E-state index contributed by atoms with van der Waals surface area (Å²) in [5.74, 6) is -3.32. The Morgan fingerprint density at radius 2 is 1.59 bits per heavy atom. The van der Waals surface area contributed by atoms with Crippen LogP contribution in [0.1, 0.15) is 21.5 Å². The van der Waals surface area contributed by atoms with Crippen molar-refractivity contribution < 1.29 is 37.4 Å². The molecule has 7 nitrogen and oxygen atoms in total. The fraction of sp³-hybridized carbons (Fsp3) is 0.0357. The third-order valence-electron chi connectivity index (χ3n) is 6.09. The molecule has 0 unspecified atom stereocenters. The summed E-state index contributed by atoms with van der Waals surface area (Å²) in [6, 6.07) is 17.8. The molecule has 1 amide bonds. The van der Waals surface area contributed by atoms with Crippen LogP contribution in [0.5, 0.6) is 5.75 Å². The number of para-hydroxylation sites is 1. The molecule has 0 atom stereocenters. The highest BCUT2D eigenvalue weighted by atomic mass is 19.4. The highest BCUT2D eigenvalue weighted by molar-refractivity contribution is 6.54. The molecule has 1 heterocycles. The largest absolute Gasteiger partial charge is 0.505 e. The lowest BCUT2D eigenvalue weighted by atomic mass is 10.0. The zero-order valence-corrected chi connectivity index (χ0v) is 19.7. The van der Waals surface area contributed by atoms with Gasteiger partial charge < -0.3 is 15.5 Å². The SMILES string of the molecule is O=C1Nc2cc(-c3ccc(C(F)(F)F)c(F)c3)ccc2C1=NNc1cccc(-c2cccc(C(=O)O)c2)c1O. The van der Waals surface area contributed by atoms with Crippen molar-refractivity contribution in [3.63, 3.8) is 0 Å². The van der Waals surface area contributed by atoms with Crippen LogP contribution >= 0.6 is 0 Å². The lowest BCUT2D eigenvalue weighted by Gasteiger charge is -2.11. The second kappa shape index (κ2) is 9.60. The number of nitrogens with one attached hydrogen (secondary N) is 2. The van der Waals surface area contributed by atoms with Gasteiger partial charge in [-0.25, -0.2) is 9.18 Å². The third-order valence-corrected chi connectivity index (χ3v) is 6.09. The maximum absolute atomic E-state index is 14.1. The van der Waals surface area contributed by atoms with Gasteiger partial charge >= 0.3 is 12.1 Å². The van der Waals surface area contributed by atoms with E-state index in [4.69, 9.17) is 0 Å². The standard InChI is InChI=1S/C28H17F4N3O4/c29-21-12-14(8-10-20(21)28(30,31)32)15-7-9-19-23(13-15)33-26(37)24(19)35-34-22-6-2-5-18(25(22)36)16-3-1-4-17(11-16)27(38)39/h1-13,34,36H,(H,38,39)(H,33,35,37). The van der Waals surface area contributed by atoms with Crippen molar-refractivity contribution in [3.8, 4) is 28.0 Å². The summed E-state index contributed by atoms with van der Waals surface area (Å²) in [6.07, 6.45) is -4.82. The normalized spacial score (nSPS) is 13.7. The Balaban J connectivity index is 1.42. The van der Waals surface area contributed by atoms with Gasteiger partial charge in [-0.05, 0) is 59.2 Å². The average Bonchev–Trinajstić information content (AvgIpc) is 3.21. The summed E-state index contributed by atoms with van der Waals surface area (Å²) in [4.78, 5) is 23.9. The number of nitrogens with zero attached hydrogens (tertiary/aromatic N) is 1. The minimum atomic E-state index is -4.82. The van der Waals surface area contributed by atoms with Crippen LogP contribution in [0.2, 0.25) is 0 Å². The van der Waals surface area contributed by atoms with Crippen LogP contribution in [0, 0.1) is 5.82 Å². The molecule has 1 aliphatic heterocycles. The first-order valence-electron chi connectivity index (χ1n) is 11.4. The number of rotatable bonds is 5. The first-order valence-corrected chi connectivity index (χ1v) is 11.4. The van der Waals surface area contributed by atoms with Crippen molar-refractivity contribution in [2.24, 2.45) is 5.10 Å². The van der Waals surface area contributed by atoms with Gasteiger partial charge in [-0.15, -0.1) is 0 Å². The van der Waals surface area contributed by atoms with Gasteiger partial charge in [0.05, 0.1) is 22.5 Å². The van der Waals surface area contributed by atoms with Gasteiger partial charge in [-0.2, -0.15) is 18.3 Å². The van der Waals surface area contributed by atoms with Crippen molar-refractivity contribution in [2.45, 2.75) is 6.18 Å². The van der Waals surface area contributed by atoms with E-state index in [2.05, 4.69) is 15.8 Å². The van der Waals surface area contributed by atoms with E-state index in [1.807, 2.05) is 0 Å². The van der Waals surface area contributed by atoms with E-state index >= 15 is 0 Å². The molecule has 0 bridgehead atoms. The van der Waals surface area contributed by atoms with E-state index in [-0.39, 0.29) is 28.3 Å². The Hall–Kier alpha value is -5.19. The second-order valence-electron chi connectivity index (χ2n) is 8.57. The number of amides is 1. The Morgan fingerprint density at radius 1 is 0.872 bits per heavy atom. The summed E-state index contributed by atoms with van der Waals surface area (Å²) < 4.78 is 52.7. The number of aromatic carboxylic acids is 1. The van der Waals surface area contributed by atoms with Gasteiger partial charge in [0.2, 0.25) is 0 Å². The molecule has 11 heteroatoms. The number of halogens is 4. The monoisotopic (exact) mass is 535 g/mol. The molecule has 0 radical (unpaired) electrons. The van der Waals surface area contributed by atoms with E-state index in [0.29, 0.717) is 34.0 Å². The number of carbonyl (C=O) groups is 2. The molecule has 196 valence electrons. The molecule has 4 aromatic carbocycles. The highest BCUT2D eigenvalue weighted by Crippen LogP contribution is 2.37. The van der Waals surface area contributed by atoms with Crippen LogP contribution in [-0.2, 0) is 11.0 Å². The maximum Gasteiger partial charge on any atom is 0.419 e. The molecular formula is C28H17F4N3O4. The second-order valence-corrected chi connectivity index (χ2v) is 8.57. The molecule has 0 saturated carbocycles. The number of carboxylic acid groups (broad SMARTS) is 1. The van der Waals surface area contributed by atoms with Crippen molar-refractivity contribution in [3.05, 3.63) is 101 Å². The van der Waals surface area contributed by atoms with Crippen LogP contribution in [-0.4, -0.2) is 27.8 Å². The molecule has 0 fully saturated rings. The zero-order valence-electron chi connectivity index (χ0n) is 19.7. The first kappa shape index (κ1) is 25.5. The molecule has 4 aromatic rings. The fourth-order valence-corrected chi connectivity index (χ4v) is 4.18. The van der Waals surface area contributed by atoms with Crippen molar-refractivity contribution in [1.29, 1.82) is 0 Å². The van der Waals surface area contributed by atoms with Crippen LogP contribution in [0.4, 0.5) is 28.9 Å². The number of fused-ring (bicyclic) bond motifs is 1. The number of benzene rings is 4. The number of carbonyl (C=O) groups excluding carboxylic acids is 1. The van der Waals surface area contributed by atoms with Crippen LogP contribution in [0.3, 0.4) is 0 Å². The minimum absolute atomic E-state index is 0.0205. The molecule has 5 rings (SSSR count). The van der Waals surface area contributed by atoms with Gasteiger partial charge in [-0.3, -0.25) is 10.2 Å². The van der Waals surface area contributed by atoms with E-state index in [1.165, 1.54) is 36.4 Å². The topological polar surface area (TPSA) is 111 Å². The smallest absolute Gasteiger partial charge is 0.419 e. The van der Waals surface area contributed by atoms with Crippen LogP contribution in [0.15, 0.2) is 84.0 Å². The number of phenolic OH excluding ortho intramolecular Hbond substituents is 1. The van der Waals surface area contributed by atoms with Crippen LogP contribution in [0.25, 0.3) is 22.3 Å². The number of alkyl halides is 3. The lowest BCUT2D eigenvalue weighted by Crippen LogP contribution is -2.15. The Morgan fingerprint density at radius 3 is 2.31 bits per heavy atom. The van der Waals surface area contributed by atoms with Gasteiger partial charge in [0, 0.05) is 11.1 Å². The minimum Gasteiger partial charge on any atom is -0.505 e. The lowest BCUT2D eigenvalue weighted by molar-refractivity contribution is -0.140. The Kier molecular flexibility index (Phi) is 6.27. The first-order chi connectivity index (χ1) is 18.5. The number of phenols is 1. The van der Waals surface area contributed by atoms with Crippen molar-refractivity contribution in [2.75, 3.05) is 10.7 Å². The molecule has 0 spiro atoms. The Labute approximate surface area is 218 Å². The average molecular weight is 535 g/mol. The fourth-order valence-electron chi connectivity index (χ4n) is 4.18. The summed E-state index contributed by atoms with van der Waals surface area (Å²) in [5, 5.41) is 26.8. The summed E-state index contributed by atoms with van der Waals surface area (Å²) in [5.41, 5.74) is 3.53. The summed E-state index contributed by atoms with van der Waals surface area (Å²) in [7, 11) is 0.